The monoisotopic (exact) mass is 232 g/mol. The summed E-state index contributed by atoms with van der Waals surface area (Å²) < 4.78 is 5.64. The van der Waals surface area contributed by atoms with Crippen molar-refractivity contribution in [1.82, 2.24) is 4.98 Å². The predicted molar refractivity (Wildman–Crippen MR) is 65.6 cm³/mol. The van der Waals surface area contributed by atoms with E-state index in [1.54, 1.807) is 12.3 Å². The number of rotatable bonds is 1. The third-order valence-corrected chi connectivity index (χ3v) is 2.75. The van der Waals surface area contributed by atoms with Crippen LogP contribution in [0.25, 0.3) is 0 Å². The maximum atomic E-state index is 8.77. The third-order valence-electron chi connectivity index (χ3n) is 2.75. The standard InChI is InChI=1S/C12H16N4O/c1-12(2)8-16(3-4-17-12)11-10(14)5-9(6-13)7-15-11/h5,7H,3-4,8,14H2,1-2H3. The van der Waals surface area contributed by atoms with E-state index in [4.69, 9.17) is 15.7 Å². The molecule has 0 aliphatic carbocycles. The van der Waals surface area contributed by atoms with Crippen LogP contribution < -0.4 is 10.6 Å². The average Bonchev–Trinajstić information content (AvgIpc) is 2.27. The van der Waals surface area contributed by atoms with Gasteiger partial charge in [-0.2, -0.15) is 5.26 Å². The van der Waals surface area contributed by atoms with Crippen LogP contribution in [0.15, 0.2) is 12.3 Å². The van der Waals surface area contributed by atoms with Gasteiger partial charge in [-0.15, -0.1) is 0 Å². The molecule has 2 N–H and O–H groups in total. The van der Waals surface area contributed by atoms with Crippen molar-refractivity contribution in [1.29, 1.82) is 5.26 Å². The lowest BCUT2D eigenvalue weighted by Gasteiger charge is -2.39. The van der Waals surface area contributed by atoms with Gasteiger partial charge in [-0.3, -0.25) is 0 Å². The van der Waals surface area contributed by atoms with Crippen LogP contribution in [-0.2, 0) is 4.74 Å². The third kappa shape index (κ3) is 2.48. The number of anilines is 2. The predicted octanol–water partition coefficient (Wildman–Crippen LogP) is 1.15. The lowest BCUT2D eigenvalue weighted by atomic mass is 10.1. The zero-order chi connectivity index (χ0) is 12.5. The van der Waals surface area contributed by atoms with Crippen molar-refractivity contribution in [2.45, 2.75) is 19.4 Å². The maximum absolute atomic E-state index is 8.77. The number of aromatic nitrogens is 1. The Labute approximate surface area is 101 Å². The van der Waals surface area contributed by atoms with Gasteiger partial charge in [0.1, 0.15) is 6.07 Å². The van der Waals surface area contributed by atoms with E-state index in [1.165, 1.54) is 0 Å². The van der Waals surface area contributed by atoms with Crippen LogP contribution in [0, 0.1) is 11.3 Å². The average molecular weight is 232 g/mol. The van der Waals surface area contributed by atoms with Crippen molar-refractivity contribution in [3.8, 4) is 6.07 Å². The van der Waals surface area contributed by atoms with E-state index in [0.717, 1.165) is 18.9 Å². The van der Waals surface area contributed by atoms with Crippen LogP contribution in [-0.4, -0.2) is 30.3 Å². The molecule has 0 saturated carbocycles. The summed E-state index contributed by atoms with van der Waals surface area (Å²) >= 11 is 0. The number of nitrogen functional groups attached to an aromatic ring is 1. The molecule has 2 rings (SSSR count). The molecule has 0 bridgehead atoms. The van der Waals surface area contributed by atoms with Crippen LogP contribution in [0.2, 0.25) is 0 Å². The number of hydrogen-bond donors (Lipinski definition) is 1. The van der Waals surface area contributed by atoms with Gasteiger partial charge in [0.15, 0.2) is 5.82 Å². The molecule has 0 radical (unpaired) electrons. The molecule has 0 atom stereocenters. The van der Waals surface area contributed by atoms with Crippen LogP contribution in [0.3, 0.4) is 0 Å². The molecule has 2 heterocycles. The normalized spacial score (nSPS) is 18.8. The zero-order valence-electron chi connectivity index (χ0n) is 10.1. The molecule has 0 spiro atoms. The summed E-state index contributed by atoms with van der Waals surface area (Å²) in [7, 11) is 0. The minimum Gasteiger partial charge on any atom is -0.396 e. The van der Waals surface area contributed by atoms with Crippen LogP contribution in [0.1, 0.15) is 19.4 Å². The molecular weight excluding hydrogens is 216 g/mol. The SMILES string of the molecule is CC1(C)CN(c2ncc(C#N)cc2N)CCO1. The first-order valence-corrected chi connectivity index (χ1v) is 5.56. The quantitative estimate of drug-likeness (QED) is 0.786. The van der Waals surface area contributed by atoms with E-state index in [2.05, 4.69) is 9.88 Å². The summed E-state index contributed by atoms with van der Waals surface area (Å²) in [6.45, 7) is 6.26. The molecular formula is C12H16N4O. The summed E-state index contributed by atoms with van der Waals surface area (Å²) in [6.07, 6.45) is 1.55. The number of morpholine rings is 1. The summed E-state index contributed by atoms with van der Waals surface area (Å²) in [6, 6.07) is 3.69. The number of hydrogen-bond acceptors (Lipinski definition) is 5. The van der Waals surface area contributed by atoms with Crippen molar-refractivity contribution in [2.75, 3.05) is 30.3 Å². The highest BCUT2D eigenvalue weighted by atomic mass is 16.5. The molecule has 1 saturated heterocycles. The zero-order valence-corrected chi connectivity index (χ0v) is 10.1. The lowest BCUT2D eigenvalue weighted by Crippen LogP contribution is -2.48. The number of nitrogens with two attached hydrogens (primary N) is 1. The first-order chi connectivity index (χ1) is 8.02. The fourth-order valence-electron chi connectivity index (χ4n) is 2.00. The highest BCUT2D eigenvalue weighted by Crippen LogP contribution is 2.26. The van der Waals surface area contributed by atoms with Gasteiger partial charge in [-0.1, -0.05) is 0 Å². The highest BCUT2D eigenvalue weighted by Gasteiger charge is 2.28. The number of nitriles is 1. The Bertz CT molecular complexity index is 464. The largest absolute Gasteiger partial charge is 0.396 e. The van der Waals surface area contributed by atoms with Crippen molar-refractivity contribution in [3.05, 3.63) is 17.8 Å². The van der Waals surface area contributed by atoms with E-state index in [-0.39, 0.29) is 5.60 Å². The summed E-state index contributed by atoms with van der Waals surface area (Å²) in [5.74, 6) is 0.736. The van der Waals surface area contributed by atoms with Crippen molar-refractivity contribution >= 4 is 11.5 Å². The van der Waals surface area contributed by atoms with E-state index >= 15 is 0 Å². The first kappa shape index (κ1) is 11.7. The minimum absolute atomic E-state index is 0.194. The second-order valence-corrected chi connectivity index (χ2v) is 4.78. The number of ether oxygens (including phenoxy) is 1. The summed E-state index contributed by atoms with van der Waals surface area (Å²) in [5.41, 5.74) is 6.75. The van der Waals surface area contributed by atoms with Gasteiger partial charge < -0.3 is 15.4 Å². The van der Waals surface area contributed by atoms with Crippen LogP contribution in [0.4, 0.5) is 11.5 Å². The Balaban J connectivity index is 2.26. The molecule has 5 heteroatoms. The summed E-state index contributed by atoms with van der Waals surface area (Å²) in [5, 5.41) is 8.77. The molecule has 1 aliphatic rings. The van der Waals surface area contributed by atoms with Crippen LogP contribution in [0.5, 0.6) is 0 Å². The van der Waals surface area contributed by atoms with Gasteiger partial charge in [0.05, 0.1) is 23.5 Å². The molecule has 0 aromatic carbocycles. The highest BCUT2D eigenvalue weighted by molar-refractivity contribution is 5.64. The Morgan fingerprint density at radius 3 is 2.94 bits per heavy atom. The Kier molecular flexibility index (Phi) is 2.90. The van der Waals surface area contributed by atoms with E-state index < -0.39 is 0 Å². The van der Waals surface area contributed by atoms with Gasteiger partial charge in [0.2, 0.25) is 0 Å². The molecule has 1 aliphatic heterocycles. The number of pyridine rings is 1. The van der Waals surface area contributed by atoms with Gasteiger partial charge in [-0.25, -0.2) is 4.98 Å². The molecule has 5 nitrogen and oxygen atoms in total. The first-order valence-electron chi connectivity index (χ1n) is 5.56. The topological polar surface area (TPSA) is 75.2 Å². The lowest BCUT2D eigenvalue weighted by molar-refractivity contribution is -0.0278. The second-order valence-electron chi connectivity index (χ2n) is 4.78. The number of nitrogens with zero attached hydrogens (tertiary/aromatic N) is 3. The van der Waals surface area contributed by atoms with Crippen molar-refractivity contribution < 1.29 is 4.74 Å². The van der Waals surface area contributed by atoms with Crippen LogP contribution >= 0.6 is 0 Å². The van der Waals surface area contributed by atoms with Gasteiger partial charge in [-0.05, 0) is 19.9 Å². The van der Waals surface area contributed by atoms with Gasteiger partial charge in [0, 0.05) is 19.3 Å². The fraction of sp³-hybridized carbons (Fsp3) is 0.500. The fourth-order valence-corrected chi connectivity index (χ4v) is 2.00. The smallest absolute Gasteiger partial charge is 0.152 e. The van der Waals surface area contributed by atoms with E-state index in [1.807, 2.05) is 19.9 Å². The molecule has 0 amide bonds. The minimum atomic E-state index is -0.194. The second kappa shape index (κ2) is 4.22. The Hall–Kier alpha value is -1.80. The molecule has 90 valence electrons. The molecule has 1 fully saturated rings. The van der Waals surface area contributed by atoms with Crippen molar-refractivity contribution in [2.24, 2.45) is 0 Å². The molecule has 17 heavy (non-hydrogen) atoms. The van der Waals surface area contributed by atoms with Gasteiger partial charge in [0.25, 0.3) is 0 Å². The Morgan fingerprint density at radius 1 is 1.59 bits per heavy atom. The molecule has 1 aromatic rings. The maximum Gasteiger partial charge on any atom is 0.152 e. The van der Waals surface area contributed by atoms with E-state index in [9.17, 15) is 0 Å². The van der Waals surface area contributed by atoms with E-state index in [0.29, 0.717) is 17.9 Å². The van der Waals surface area contributed by atoms with Crippen molar-refractivity contribution in [3.63, 3.8) is 0 Å². The summed E-state index contributed by atoms with van der Waals surface area (Å²) in [4.78, 5) is 6.36. The Morgan fingerprint density at radius 2 is 2.35 bits per heavy atom. The molecule has 1 aromatic heterocycles. The van der Waals surface area contributed by atoms with Gasteiger partial charge >= 0.3 is 0 Å². The molecule has 0 unspecified atom stereocenters.